The van der Waals surface area contributed by atoms with Gasteiger partial charge in [-0.2, -0.15) is 0 Å². The Morgan fingerprint density at radius 3 is 2.26 bits per heavy atom. The van der Waals surface area contributed by atoms with Crippen molar-refractivity contribution in [1.82, 2.24) is 4.90 Å². The number of carboxylic acids is 1. The van der Waals surface area contributed by atoms with E-state index in [1.54, 1.807) is 0 Å². The summed E-state index contributed by atoms with van der Waals surface area (Å²) in [5.41, 5.74) is 0.689. The Hall–Kier alpha value is -1.35. The monoisotopic (exact) mass is 263 g/mol. The molecule has 1 N–H and O–H groups in total. The van der Waals surface area contributed by atoms with Crippen LogP contribution in [0.25, 0.3) is 0 Å². The van der Waals surface area contributed by atoms with Crippen molar-refractivity contribution < 1.29 is 9.90 Å². The molecule has 0 bridgehead atoms. The fourth-order valence-corrected chi connectivity index (χ4v) is 2.40. The molecule has 0 atom stereocenters. The van der Waals surface area contributed by atoms with E-state index >= 15 is 0 Å². The fourth-order valence-electron chi connectivity index (χ4n) is 2.40. The summed E-state index contributed by atoms with van der Waals surface area (Å²) in [6.45, 7) is 5.42. The molecule has 0 amide bonds. The first kappa shape index (κ1) is 15.7. The summed E-state index contributed by atoms with van der Waals surface area (Å²) < 4.78 is 0. The van der Waals surface area contributed by atoms with Gasteiger partial charge in [0.1, 0.15) is 0 Å². The van der Waals surface area contributed by atoms with Gasteiger partial charge >= 0.3 is 5.97 Å². The van der Waals surface area contributed by atoms with E-state index in [4.69, 9.17) is 0 Å². The van der Waals surface area contributed by atoms with Gasteiger partial charge in [-0.3, -0.25) is 4.79 Å². The third-order valence-corrected chi connectivity index (χ3v) is 4.00. The van der Waals surface area contributed by atoms with Crippen LogP contribution in [-0.4, -0.2) is 36.1 Å². The smallest absolute Gasteiger partial charge is 0.310 e. The van der Waals surface area contributed by atoms with E-state index < -0.39 is 11.4 Å². The van der Waals surface area contributed by atoms with Gasteiger partial charge in [0.25, 0.3) is 0 Å². The van der Waals surface area contributed by atoms with Crippen molar-refractivity contribution in [3.63, 3.8) is 0 Å². The molecule has 1 aromatic rings. The maximum Gasteiger partial charge on any atom is 0.310 e. The molecule has 0 heterocycles. The minimum Gasteiger partial charge on any atom is -0.481 e. The van der Waals surface area contributed by atoms with Crippen molar-refractivity contribution in [3.05, 3.63) is 35.9 Å². The number of rotatable bonds is 8. The van der Waals surface area contributed by atoms with Gasteiger partial charge in [-0.1, -0.05) is 44.2 Å². The molecule has 1 rings (SSSR count). The molecular formula is C16H25NO2. The lowest BCUT2D eigenvalue weighted by atomic mass is 9.82. The largest absolute Gasteiger partial charge is 0.481 e. The third kappa shape index (κ3) is 4.35. The number of nitrogens with zero attached hydrogens (tertiary/aromatic N) is 1. The molecule has 1 aromatic carbocycles. The highest BCUT2D eigenvalue weighted by Crippen LogP contribution is 2.27. The molecular weight excluding hydrogens is 238 g/mol. The normalized spacial score (nSPS) is 11.8. The number of hydrogen-bond donors (Lipinski definition) is 1. The molecule has 0 saturated carbocycles. The number of likely N-dealkylation sites (N-methyl/N-ethyl adjacent to an activating group) is 1. The second-order valence-electron chi connectivity index (χ2n) is 5.27. The highest BCUT2D eigenvalue weighted by molar-refractivity contribution is 5.74. The van der Waals surface area contributed by atoms with Gasteiger partial charge in [-0.15, -0.1) is 0 Å². The Balaban J connectivity index is 2.54. The number of aliphatic carboxylic acids is 1. The summed E-state index contributed by atoms with van der Waals surface area (Å²) in [4.78, 5) is 13.6. The molecule has 0 spiro atoms. The number of hydrogen-bond acceptors (Lipinski definition) is 2. The predicted octanol–water partition coefficient (Wildman–Crippen LogP) is 3.05. The van der Waals surface area contributed by atoms with Crippen molar-refractivity contribution in [2.75, 3.05) is 20.1 Å². The molecule has 0 aliphatic carbocycles. The van der Waals surface area contributed by atoms with Crippen molar-refractivity contribution in [2.24, 2.45) is 5.41 Å². The molecule has 0 aliphatic rings. The highest BCUT2D eigenvalue weighted by Gasteiger charge is 2.35. The van der Waals surface area contributed by atoms with Crippen LogP contribution in [0.15, 0.2) is 30.3 Å². The maximum atomic E-state index is 11.5. The topological polar surface area (TPSA) is 40.5 Å². The quantitative estimate of drug-likeness (QED) is 0.783. The Bertz CT molecular complexity index is 385. The first-order chi connectivity index (χ1) is 9.04. The van der Waals surface area contributed by atoms with Gasteiger partial charge in [-0.05, 0) is 31.9 Å². The maximum absolute atomic E-state index is 11.5. The van der Waals surface area contributed by atoms with Crippen LogP contribution in [0.2, 0.25) is 0 Å². The minimum absolute atomic E-state index is 0.606. The standard InChI is InChI=1S/C16H25NO2/c1-4-16(5-2,15(18)19)13-17(3)12-11-14-9-7-6-8-10-14/h6-10H,4-5,11-13H2,1-3H3,(H,18,19). The number of benzene rings is 1. The lowest BCUT2D eigenvalue weighted by molar-refractivity contribution is -0.150. The Kier molecular flexibility index (Phi) is 6.03. The molecule has 0 radical (unpaired) electrons. The third-order valence-electron chi connectivity index (χ3n) is 4.00. The second kappa shape index (κ2) is 7.29. The Morgan fingerprint density at radius 1 is 1.21 bits per heavy atom. The van der Waals surface area contributed by atoms with Crippen LogP contribution in [0.5, 0.6) is 0 Å². The van der Waals surface area contributed by atoms with E-state index in [-0.39, 0.29) is 0 Å². The number of carboxylic acid groups (broad SMARTS) is 1. The van der Waals surface area contributed by atoms with Gasteiger partial charge in [-0.25, -0.2) is 0 Å². The average Bonchev–Trinajstić information content (AvgIpc) is 2.43. The van der Waals surface area contributed by atoms with E-state index in [1.165, 1.54) is 5.56 Å². The zero-order chi connectivity index (χ0) is 14.3. The summed E-state index contributed by atoms with van der Waals surface area (Å²) in [6.07, 6.45) is 2.31. The van der Waals surface area contributed by atoms with Gasteiger partial charge in [0.2, 0.25) is 0 Å². The molecule has 106 valence electrons. The zero-order valence-electron chi connectivity index (χ0n) is 12.2. The van der Waals surface area contributed by atoms with Gasteiger partial charge in [0.15, 0.2) is 0 Å². The van der Waals surface area contributed by atoms with Crippen molar-refractivity contribution >= 4 is 5.97 Å². The summed E-state index contributed by atoms with van der Waals surface area (Å²) in [5.74, 6) is -0.677. The van der Waals surface area contributed by atoms with Gasteiger partial charge in [0, 0.05) is 13.1 Å². The molecule has 3 nitrogen and oxygen atoms in total. The van der Waals surface area contributed by atoms with E-state index in [9.17, 15) is 9.90 Å². The van der Waals surface area contributed by atoms with Gasteiger partial charge < -0.3 is 10.0 Å². The SMILES string of the molecule is CCC(CC)(CN(C)CCc1ccccc1)C(=O)O. The molecule has 19 heavy (non-hydrogen) atoms. The lowest BCUT2D eigenvalue weighted by Gasteiger charge is -2.31. The first-order valence-corrected chi connectivity index (χ1v) is 7.00. The molecule has 0 fully saturated rings. The second-order valence-corrected chi connectivity index (χ2v) is 5.27. The van der Waals surface area contributed by atoms with Gasteiger partial charge in [0.05, 0.1) is 5.41 Å². The van der Waals surface area contributed by atoms with E-state index in [0.29, 0.717) is 19.4 Å². The van der Waals surface area contributed by atoms with E-state index in [1.807, 2.05) is 39.1 Å². The van der Waals surface area contributed by atoms with Crippen LogP contribution in [0.1, 0.15) is 32.3 Å². The number of carbonyl (C=O) groups is 1. The lowest BCUT2D eigenvalue weighted by Crippen LogP contribution is -2.41. The molecule has 0 aromatic heterocycles. The van der Waals surface area contributed by atoms with Crippen LogP contribution in [0, 0.1) is 5.41 Å². The van der Waals surface area contributed by atoms with Crippen LogP contribution in [0.4, 0.5) is 0 Å². The average molecular weight is 263 g/mol. The molecule has 0 unspecified atom stereocenters. The fraction of sp³-hybridized carbons (Fsp3) is 0.562. The summed E-state index contributed by atoms with van der Waals surface area (Å²) >= 11 is 0. The summed E-state index contributed by atoms with van der Waals surface area (Å²) in [7, 11) is 2.01. The van der Waals surface area contributed by atoms with E-state index in [2.05, 4.69) is 17.0 Å². The van der Waals surface area contributed by atoms with Crippen molar-refractivity contribution in [1.29, 1.82) is 0 Å². The Labute approximate surface area is 116 Å². The molecule has 0 saturated heterocycles. The highest BCUT2D eigenvalue weighted by atomic mass is 16.4. The molecule has 0 aliphatic heterocycles. The van der Waals surface area contributed by atoms with E-state index in [0.717, 1.165) is 13.0 Å². The van der Waals surface area contributed by atoms with Crippen LogP contribution in [0.3, 0.4) is 0 Å². The van der Waals surface area contributed by atoms with Crippen LogP contribution in [-0.2, 0) is 11.2 Å². The Morgan fingerprint density at radius 2 is 1.79 bits per heavy atom. The first-order valence-electron chi connectivity index (χ1n) is 7.00. The van der Waals surface area contributed by atoms with Crippen molar-refractivity contribution in [2.45, 2.75) is 33.1 Å². The van der Waals surface area contributed by atoms with Crippen LogP contribution < -0.4 is 0 Å². The summed E-state index contributed by atoms with van der Waals surface area (Å²) in [6, 6.07) is 10.3. The molecule has 3 heteroatoms. The minimum atomic E-state index is -0.677. The summed E-state index contributed by atoms with van der Waals surface area (Å²) in [5, 5.41) is 9.43. The van der Waals surface area contributed by atoms with Crippen LogP contribution >= 0.6 is 0 Å². The zero-order valence-corrected chi connectivity index (χ0v) is 12.2. The predicted molar refractivity (Wildman–Crippen MR) is 78.3 cm³/mol. The van der Waals surface area contributed by atoms with Crippen molar-refractivity contribution in [3.8, 4) is 0 Å².